The molecule has 0 spiro atoms. The molecular formula is C29H16BBrO2S2. The summed E-state index contributed by atoms with van der Waals surface area (Å²) in [5, 5.41) is 4.41. The molecular weight excluding hydrogens is 535 g/mol. The van der Waals surface area contributed by atoms with Crippen molar-refractivity contribution >= 4 is 100 Å². The van der Waals surface area contributed by atoms with Gasteiger partial charge in [-0.2, -0.15) is 0 Å². The van der Waals surface area contributed by atoms with Crippen molar-refractivity contribution in [1.29, 1.82) is 0 Å². The molecule has 7 aromatic rings. The van der Waals surface area contributed by atoms with Crippen LogP contribution in [-0.4, -0.2) is 7.85 Å². The smallest absolute Gasteiger partial charge is 0.152 e. The first kappa shape index (κ1) is 21.2. The van der Waals surface area contributed by atoms with Crippen LogP contribution in [0.2, 0.25) is 0 Å². The molecule has 0 atom stereocenters. The molecule has 0 unspecified atom stereocenters. The fourth-order valence-corrected chi connectivity index (χ4v) is 8.03. The molecule has 4 aromatic heterocycles. The van der Waals surface area contributed by atoms with Gasteiger partial charge < -0.3 is 8.83 Å². The maximum atomic E-state index is 6.48. The Labute approximate surface area is 219 Å². The summed E-state index contributed by atoms with van der Waals surface area (Å²) in [5.41, 5.74) is 4.61. The number of rotatable bonds is 3. The Balaban J connectivity index is 1.44. The van der Waals surface area contributed by atoms with E-state index in [4.69, 9.17) is 16.7 Å². The van der Waals surface area contributed by atoms with Crippen LogP contribution in [-0.2, 0) is 0 Å². The number of benzene rings is 3. The van der Waals surface area contributed by atoms with Crippen molar-refractivity contribution in [3.8, 4) is 21.3 Å². The van der Waals surface area contributed by atoms with Crippen molar-refractivity contribution in [2.24, 2.45) is 0 Å². The second-order valence-corrected chi connectivity index (χ2v) is 11.4. The summed E-state index contributed by atoms with van der Waals surface area (Å²) < 4.78 is 15.9. The van der Waals surface area contributed by atoms with E-state index in [1.165, 1.54) is 20.3 Å². The van der Waals surface area contributed by atoms with Crippen LogP contribution in [0.3, 0.4) is 0 Å². The molecule has 0 aliphatic heterocycles. The summed E-state index contributed by atoms with van der Waals surface area (Å²) in [6.45, 7) is 6.22. The quantitative estimate of drug-likeness (QED) is 0.205. The number of hydrogen-bond acceptors (Lipinski definition) is 4. The van der Waals surface area contributed by atoms with Crippen LogP contribution in [0.15, 0.2) is 80.5 Å². The fourth-order valence-electron chi connectivity index (χ4n) is 4.81. The second kappa shape index (κ2) is 7.72. The average molecular weight is 551 g/mol. The minimum atomic E-state index is 0.676. The van der Waals surface area contributed by atoms with Crippen LogP contribution < -0.4 is 5.46 Å². The van der Waals surface area contributed by atoms with Gasteiger partial charge in [0.05, 0.1) is 9.75 Å². The van der Waals surface area contributed by atoms with Gasteiger partial charge in [-0.3, -0.25) is 0 Å². The molecule has 6 heteroatoms. The van der Waals surface area contributed by atoms with E-state index in [0.29, 0.717) is 5.46 Å². The molecule has 0 saturated heterocycles. The molecule has 7 rings (SSSR count). The number of hydrogen-bond donors (Lipinski definition) is 0. The van der Waals surface area contributed by atoms with Crippen molar-refractivity contribution in [3.63, 3.8) is 0 Å². The van der Waals surface area contributed by atoms with Crippen LogP contribution >= 0.6 is 38.6 Å². The highest BCUT2D eigenvalue weighted by atomic mass is 79.9. The summed E-state index contributed by atoms with van der Waals surface area (Å²) in [6.07, 6.45) is 1.89. The zero-order chi connectivity index (χ0) is 23.8. The zero-order valence-corrected chi connectivity index (χ0v) is 21.9. The Morgan fingerprint density at radius 2 is 1.40 bits per heavy atom. The van der Waals surface area contributed by atoms with Crippen LogP contribution in [0.25, 0.3) is 69.5 Å². The number of furan rings is 2. The molecule has 35 heavy (non-hydrogen) atoms. The molecule has 0 saturated carbocycles. The maximum absolute atomic E-state index is 6.48. The zero-order valence-electron chi connectivity index (χ0n) is 18.6. The van der Waals surface area contributed by atoms with Gasteiger partial charge in [0.2, 0.25) is 0 Å². The van der Waals surface area contributed by atoms with Crippen LogP contribution in [0, 0.1) is 6.92 Å². The number of fused-ring (bicyclic) bond motifs is 4. The molecule has 166 valence electrons. The fraction of sp³-hybridized carbons (Fsp3) is 0.0345. The molecule has 0 amide bonds. The van der Waals surface area contributed by atoms with Gasteiger partial charge in [0, 0.05) is 35.6 Å². The van der Waals surface area contributed by atoms with Gasteiger partial charge >= 0.3 is 0 Å². The molecule has 2 nitrogen and oxygen atoms in total. The number of thiophene rings is 2. The first-order valence-corrected chi connectivity index (χ1v) is 13.5. The Kier molecular flexibility index (Phi) is 4.69. The van der Waals surface area contributed by atoms with Crippen LogP contribution in [0.4, 0.5) is 0 Å². The highest BCUT2D eigenvalue weighted by Gasteiger charge is 2.22. The molecule has 0 aliphatic rings. The molecule has 0 N–H and O–H groups in total. The highest BCUT2D eigenvalue weighted by Crippen LogP contribution is 2.48. The molecule has 0 fully saturated rings. The largest absolute Gasteiger partial charge is 0.456 e. The van der Waals surface area contributed by atoms with E-state index in [9.17, 15) is 0 Å². The lowest BCUT2D eigenvalue weighted by Gasteiger charge is -1.98. The van der Waals surface area contributed by atoms with Crippen LogP contribution in [0.5, 0.6) is 0 Å². The monoisotopic (exact) mass is 550 g/mol. The number of halogens is 1. The minimum Gasteiger partial charge on any atom is -0.456 e. The van der Waals surface area contributed by atoms with Crippen molar-refractivity contribution in [2.45, 2.75) is 6.92 Å². The van der Waals surface area contributed by atoms with E-state index >= 15 is 0 Å². The third-order valence-corrected chi connectivity index (χ3v) is 10.1. The summed E-state index contributed by atoms with van der Waals surface area (Å²) in [7, 11) is 6.48. The molecule has 2 radical (unpaired) electrons. The van der Waals surface area contributed by atoms with E-state index in [2.05, 4.69) is 47.6 Å². The van der Waals surface area contributed by atoms with Crippen LogP contribution in [0.1, 0.15) is 11.1 Å². The lowest BCUT2D eigenvalue weighted by atomic mass is 9.92. The first-order valence-electron chi connectivity index (χ1n) is 11.1. The van der Waals surface area contributed by atoms with E-state index in [1.807, 2.05) is 48.5 Å². The third-order valence-electron chi connectivity index (χ3n) is 6.57. The molecule has 0 aliphatic carbocycles. The van der Waals surface area contributed by atoms with Crippen molar-refractivity contribution in [1.82, 2.24) is 0 Å². The molecule has 0 bridgehead atoms. The highest BCUT2D eigenvalue weighted by molar-refractivity contribution is 9.10. The topological polar surface area (TPSA) is 26.3 Å². The lowest BCUT2D eigenvalue weighted by Crippen LogP contribution is -2.01. The van der Waals surface area contributed by atoms with Crippen molar-refractivity contribution < 1.29 is 8.83 Å². The van der Waals surface area contributed by atoms with Gasteiger partial charge in [0.25, 0.3) is 0 Å². The Morgan fingerprint density at radius 1 is 0.800 bits per heavy atom. The Hall–Kier alpha value is -3.06. The Morgan fingerprint density at radius 3 is 2.14 bits per heavy atom. The van der Waals surface area contributed by atoms with Crippen molar-refractivity contribution in [3.05, 3.63) is 82.8 Å². The number of para-hydroxylation sites is 2. The standard InChI is InChI=1S/C29H16BBrO2S2/c1-3-15-16-8-4-6-10-20(16)32-26(15)28-14(2)18-12-23-19(13-22(18)34-28)25(31)29(35-23)27-24(30)17-9-5-7-11-21(17)33-27/h3-13H,1H2,2H3. The van der Waals surface area contributed by atoms with E-state index in [-0.39, 0.29) is 0 Å². The maximum Gasteiger partial charge on any atom is 0.152 e. The minimum absolute atomic E-state index is 0.676. The summed E-state index contributed by atoms with van der Waals surface area (Å²) >= 11 is 7.29. The number of aryl methyl sites for hydroxylation is 1. The average Bonchev–Trinajstić information content (AvgIpc) is 3.60. The van der Waals surface area contributed by atoms with E-state index in [0.717, 1.165) is 58.6 Å². The molecule has 3 aromatic carbocycles. The SMILES string of the molecule is [B]c1c(-c2sc3cc4c(C)c(-c5oc6ccccc6c5C=C)sc4cc3c2Br)oc2ccccc12. The van der Waals surface area contributed by atoms with Gasteiger partial charge in [0.15, 0.2) is 5.76 Å². The van der Waals surface area contributed by atoms with Crippen molar-refractivity contribution in [2.75, 3.05) is 0 Å². The van der Waals surface area contributed by atoms with Gasteiger partial charge in [-0.1, -0.05) is 49.1 Å². The van der Waals surface area contributed by atoms with E-state index < -0.39 is 0 Å². The summed E-state index contributed by atoms with van der Waals surface area (Å²) in [6, 6.07) is 20.5. The first-order chi connectivity index (χ1) is 17.0. The second-order valence-electron chi connectivity index (χ2n) is 8.53. The predicted octanol–water partition coefficient (Wildman–Crippen LogP) is 9.45. The summed E-state index contributed by atoms with van der Waals surface area (Å²) in [5.74, 6) is 1.61. The predicted molar refractivity (Wildman–Crippen MR) is 156 cm³/mol. The van der Waals surface area contributed by atoms with Gasteiger partial charge in [-0.15, -0.1) is 22.7 Å². The Bertz CT molecular complexity index is 1970. The van der Waals surface area contributed by atoms with E-state index in [1.54, 1.807) is 22.7 Å². The lowest BCUT2D eigenvalue weighted by molar-refractivity contribution is 0.632. The summed E-state index contributed by atoms with van der Waals surface area (Å²) in [4.78, 5) is 2.15. The normalized spacial score (nSPS) is 11.9. The van der Waals surface area contributed by atoms with Gasteiger partial charge in [-0.25, -0.2) is 0 Å². The third kappa shape index (κ3) is 3.00. The van der Waals surface area contributed by atoms with Gasteiger partial charge in [0.1, 0.15) is 24.8 Å². The molecule has 4 heterocycles. The van der Waals surface area contributed by atoms with Gasteiger partial charge in [-0.05, 0) is 63.5 Å².